The molecule has 0 radical (unpaired) electrons. The van der Waals surface area contributed by atoms with Gasteiger partial charge in [-0.3, -0.25) is 10.1 Å². The summed E-state index contributed by atoms with van der Waals surface area (Å²) in [4.78, 5) is 14.6. The predicted octanol–water partition coefficient (Wildman–Crippen LogP) is 1.45. The number of nitrogens with zero attached hydrogens (tertiary/aromatic N) is 2. The van der Waals surface area contributed by atoms with Gasteiger partial charge in [-0.15, -0.1) is 4.99 Å². The molecule has 0 heterocycles. The van der Waals surface area contributed by atoms with Crippen molar-refractivity contribution in [2.24, 2.45) is 10.7 Å². The number of carbonyl (C=O) groups is 1. The maximum absolute atomic E-state index is 11.5. The van der Waals surface area contributed by atoms with Gasteiger partial charge in [-0.25, -0.2) is 0 Å². The lowest BCUT2D eigenvalue weighted by molar-refractivity contribution is -0.119. The van der Waals surface area contributed by atoms with Crippen molar-refractivity contribution in [2.75, 3.05) is 0 Å². The predicted molar refractivity (Wildman–Crippen MR) is 65.5 cm³/mol. The Balaban J connectivity index is 2.69. The molecule has 0 spiro atoms. The van der Waals surface area contributed by atoms with Crippen LogP contribution < -0.4 is 11.1 Å². The van der Waals surface area contributed by atoms with Gasteiger partial charge in [0, 0.05) is 10.0 Å². The van der Waals surface area contributed by atoms with Gasteiger partial charge >= 0.3 is 0 Å². The van der Waals surface area contributed by atoms with Crippen LogP contribution in [-0.4, -0.2) is 11.9 Å². The van der Waals surface area contributed by atoms with Gasteiger partial charge in [0.1, 0.15) is 0 Å². The van der Waals surface area contributed by atoms with Crippen LogP contribution in [0.15, 0.2) is 23.2 Å². The van der Waals surface area contributed by atoms with Gasteiger partial charge in [-0.1, -0.05) is 29.3 Å². The fourth-order valence-electron chi connectivity index (χ4n) is 1.11. The topological polar surface area (TPSA) is 91.3 Å². The highest BCUT2D eigenvalue weighted by Gasteiger charge is 2.08. The molecular weight excluding hydrogens is 263 g/mol. The third kappa shape index (κ3) is 4.31. The van der Waals surface area contributed by atoms with Crippen LogP contribution in [0.1, 0.15) is 5.56 Å². The van der Waals surface area contributed by atoms with E-state index in [1.54, 1.807) is 18.2 Å². The van der Waals surface area contributed by atoms with E-state index in [4.69, 9.17) is 34.2 Å². The van der Waals surface area contributed by atoms with Gasteiger partial charge in [0.2, 0.25) is 18.1 Å². The van der Waals surface area contributed by atoms with Crippen LogP contribution in [0.4, 0.5) is 0 Å². The zero-order valence-electron chi connectivity index (χ0n) is 8.58. The molecule has 1 rings (SSSR count). The molecule has 1 aromatic carbocycles. The maximum Gasteiger partial charge on any atom is 0.231 e. The second kappa shape index (κ2) is 6.09. The maximum atomic E-state index is 11.5. The molecule has 0 bridgehead atoms. The van der Waals surface area contributed by atoms with Crippen molar-refractivity contribution >= 4 is 35.1 Å². The van der Waals surface area contributed by atoms with E-state index in [9.17, 15) is 4.79 Å². The Morgan fingerprint density at radius 2 is 2.24 bits per heavy atom. The second-order valence-electron chi connectivity index (χ2n) is 3.06. The highest BCUT2D eigenvalue weighted by molar-refractivity contribution is 6.35. The molecule has 0 saturated heterocycles. The number of halogens is 2. The highest BCUT2D eigenvalue weighted by Crippen LogP contribution is 2.21. The first-order valence-electron chi connectivity index (χ1n) is 4.49. The smallest absolute Gasteiger partial charge is 0.231 e. The van der Waals surface area contributed by atoms with Crippen molar-refractivity contribution in [3.8, 4) is 6.19 Å². The molecule has 0 unspecified atom stereocenters. The summed E-state index contributed by atoms with van der Waals surface area (Å²) in [5, 5.41) is 11.3. The summed E-state index contributed by atoms with van der Waals surface area (Å²) in [7, 11) is 0. The number of carbonyl (C=O) groups excluding carboxylic acids is 1. The van der Waals surface area contributed by atoms with Crippen molar-refractivity contribution < 1.29 is 4.79 Å². The van der Waals surface area contributed by atoms with Gasteiger partial charge in [0.05, 0.1) is 6.42 Å². The first-order valence-corrected chi connectivity index (χ1v) is 5.24. The van der Waals surface area contributed by atoms with Gasteiger partial charge < -0.3 is 5.73 Å². The molecular formula is C10H8Cl2N4O. The molecule has 0 aliphatic heterocycles. The quantitative estimate of drug-likeness (QED) is 0.484. The van der Waals surface area contributed by atoms with Crippen LogP contribution in [0.2, 0.25) is 10.0 Å². The second-order valence-corrected chi connectivity index (χ2v) is 3.90. The van der Waals surface area contributed by atoms with Crippen molar-refractivity contribution in [1.29, 1.82) is 5.26 Å². The lowest BCUT2D eigenvalue weighted by Gasteiger charge is -2.05. The van der Waals surface area contributed by atoms with E-state index in [-0.39, 0.29) is 12.4 Å². The molecule has 3 N–H and O–H groups in total. The SMILES string of the molecule is N#CN=C(N)NC(=O)Cc1ccc(Cl)cc1Cl. The van der Waals surface area contributed by atoms with Crippen molar-refractivity contribution in [2.45, 2.75) is 6.42 Å². The average molecular weight is 271 g/mol. The molecule has 0 aliphatic carbocycles. The lowest BCUT2D eigenvalue weighted by Crippen LogP contribution is -2.37. The minimum Gasteiger partial charge on any atom is -0.369 e. The minimum atomic E-state index is -0.411. The van der Waals surface area contributed by atoms with Crippen molar-refractivity contribution in [3.05, 3.63) is 33.8 Å². The van der Waals surface area contributed by atoms with Gasteiger partial charge in [-0.05, 0) is 17.7 Å². The number of aliphatic imine (C=N–C) groups is 1. The molecule has 1 amide bonds. The Morgan fingerprint density at radius 1 is 1.53 bits per heavy atom. The molecule has 5 nitrogen and oxygen atoms in total. The highest BCUT2D eigenvalue weighted by atomic mass is 35.5. The van der Waals surface area contributed by atoms with Crippen LogP contribution >= 0.6 is 23.2 Å². The number of nitrogens with two attached hydrogens (primary N) is 1. The average Bonchev–Trinajstić information content (AvgIpc) is 2.22. The summed E-state index contributed by atoms with van der Waals surface area (Å²) in [5.74, 6) is -0.659. The number of rotatable bonds is 2. The van der Waals surface area contributed by atoms with E-state index < -0.39 is 5.91 Å². The minimum absolute atomic E-state index is 0.0254. The first-order chi connectivity index (χ1) is 8.02. The summed E-state index contributed by atoms with van der Waals surface area (Å²) in [6.07, 6.45) is 1.49. The number of benzene rings is 1. The summed E-state index contributed by atoms with van der Waals surface area (Å²) >= 11 is 11.6. The Bertz CT molecular complexity index is 508. The van der Waals surface area contributed by atoms with Crippen LogP contribution in [0.25, 0.3) is 0 Å². The largest absolute Gasteiger partial charge is 0.369 e. The van der Waals surface area contributed by atoms with Gasteiger partial charge in [0.25, 0.3) is 0 Å². The molecule has 0 fully saturated rings. The molecule has 17 heavy (non-hydrogen) atoms. The number of nitriles is 1. The first kappa shape index (κ1) is 13.3. The number of nitrogens with one attached hydrogen (secondary N) is 1. The van der Waals surface area contributed by atoms with E-state index in [0.717, 1.165) is 0 Å². The number of amides is 1. The van der Waals surface area contributed by atoms with Crippen molar-refractivity contribution in [1.82, 2.24) is 5.32 Å². The van der Waals surface area contributed by atoms with Gasteiger partial charge in [0.15, 0.2) is 0 Å². The Morgan fingerprint density at radius 3 is 2.82 bits per heavy atom. The summed E-state index contributed by atoms with van der Waals surface area (Å²) in [6, 6.07) is 4.81. The van der Waals surface area contributed by atoms with E-state index in [1.807, 2.05) is 0 Å². The third-order valence-corrected chi connectivity index (χ3v) is 2.39. The van der Waals surface area contributed by atoms with Crippen molar-refractivity contribution in [3.63, 3.8) is 0 Å². The molecule has 7 heteroatoms. The Labute approximate surface area is 108 Å². The molecule has 0 saturated carbocycles. The lowest BCUT2D eigenvalue weighted by atomic mass is 10.1. The normalized spacial score (nSPS) is 10.8. The number of hydrogen-bond acceptors (Lipinski definition) is 3. The molecule has 0 aromatic heterocycles. The van der Waals surface area contributed by atoms with E-state index in [2.05, 4.69) is 10.3 Å². The molecule has 1 aromatic rings. The molecule has 88 valence electrons. The zero-order valence-corrected chi connectivity index (χ0v) is 10.1. The summed E-state index contributed by atoms with van der Waals surface area (Å²) < 4.78 is 0. The summed E-state index contributed by atoms with van der Waals surface area (Å²) in [5.41, 5.74) is 5.85. The summed E-state index contributed by atoms with van der Waals surface area (Å²) in [6.45, 7) is 0. The molecule has 0 aliphatic rings. The van der Waals surface area contributed by atoms with Gasteiger partial charge in [-0.2, -0.15) is 5.26 Å². The number of hydrogen-bond donors (Lipinski definition) is 2. The van der Waals surface area contributed by atoms with Crippen LogP contribution in [0.3, 0.4) is 0 Å². The zero-order chi connectivity index (χ0) is 12.8. The fourth-order valence-corrected chi connectivity index (χ4v) is 1.58. The van der Waals surface area contributed by atoms with Crippen LogP contribution in [-0.2, 0) is 11.2 Å². The standard InChI is InChI=1S/C10H8Cl2N4O/c11-7-2-1-6(8(12)4-7)3-9(17)16-10(14)15-5-13/h1-2,4H,3H2,(H3,14,15,16,17). The third-order valence-electron chi connectivity index (χ3n) is 1.80. The number of guanidine groups is 1. The van der Waals surface area contributed by atoms with E-state index in [1.165, 1.54) is 6.19 Å². The van der Waals surface area contributed by atoms with E-state index >= 15 is 0 Å². The fraction of sp³-hybridized carbons (Fsp3) is 0.100. The Hall–Kier alpha value is -1.77. The van der Waals surface area contributed by atoms with E-state index in [0.29, 0.717) is 15.6 Å². The molecule has 0 atom stereocenters. The van der Waals surface area contributed by atoms with Crippen LogP contribution in [0, 0.1) is 11.5 Å². The monoisotopic (exact) mass is 270 g/mol. The van der Waals surface area contributed by atoms with Crippen LogP contribution in [0.5, 0.6) is 0 Å². The Kier molecular flexibility index (Phi) is 4.76.